The van der Waals surface area contributed by atoms with Crippen LogP contribution in [0.3, 0.4) is 0 Å². The predicted octanol–water partition coefficient (Wildman–Crippen LogP) is 12.9. The maximum atomic E-state index is 6.59. The molecular weight excluding hydrogens is 651 g/mol. The van der Waals surface area contributed by atoms with E-state index in [0.717, 1.165) is 99.7 Å². The summed E-state index contributed by atoms with van der Waals surface area (Å²) in [5, 5.41) is 5.18. The van der Waals surface area contributed by atoms with Crippen LogP contribution in [0.2, 0.25) is 0 Å². The van der Waals surface area contributed by atoms with Crippen molar-refractivity contribution < 1.29 is 13.6 Å². The van der Waals surface area contributed by atoms with Crippen molar-refractivity contribution in [2.24, 2.45) is 0 Å². The second kappa shape index (κ2) is 10.9. The molecule has 7 heteroatoms. The van der Waals surface area contributed by atoms with Gasteiger partial charge < -0.3 is 18.5 Å². The van der Waals surface area contributed by atoms with Crippen LogP contribution in [0.15, 0.2) is 160 Å². The molecular formula is C44H25N3O3S. The van der Waals surface area contributed by atoms with Crippen molar-refractivity contribution in [3.05, 3.63) is 152 Å². The van der Waals surface area contributed by atoms with Gasteiger partial charge in [0, 0.05) is 38.4 Å². The molecule has 7 aromatic carbocycles. The highest BCUT2D eigenvalue weighted by Gasteiger charge is 2.27. The molecule has 11 rings (SSSR count). The van der Waals surface area contributed by atoms with E-state index in [-0.39, 0.29) is 0 Å². The Labute approximate surface area is 295 Å². The maximum Gasteiger partial charge on any atom is 0.177 e. The van der Waals surface area contributed by atoms with Gasteiger partial charge in [-0.05, 0) is 71.7 Å². The number of furan rings is 2. The molecule has 0 saturated carbocycles. The number of para-hydroxylation sites is 6. The highest BCUT2D eigenvalue weighted by Crippen LogP contribution is 2.52. The van der Waals surface area contributed by atoms with Crippen LogP contribution in [-0.2, 0) is 0 Å². The minimum Gasteiger partial charge on any atom is -0.455 e. The number of fused-ring (bicyclic) bond motifs is 8. The molecule has 0 saturated heterocycles. The SMILES string of the molecule is c1cc(-c2nc(-c3cccc4c3oc3ccccc34)ns2)cc(N2c3ccccc3Oc3cc(-c4cccc5c4oc4ccccc45)ccc32)c1. The molecule has 3 aromatic heterocycles. The summed E-state index contributed by atoms with van der Waals surface area (Å²) in [5.41, 5.74) is 10.2. The minimum atomic E-state index is 0.652. The van der Waals surface area contributed by atoms with E-state index in [0.29, 0.717) is 5.82 Å². The zero-order chi connectivity index (χ0) is 33.5. The van der Waals surface area contributed by atoms with Crippen molar-refractivity contribution in [1.82, 2.24) is 9.36 Å². The first kappa shape index (κ1) is 28.2. The van der Waals surface area contributed by atoms with E-state index in [1.54, 1.807) is 0 Å². The number of rotatable bonds is 4. The molecule has 6 nitrogen and oxygen atoms in total. The van der Waals surface area contributed by atoms with Crippen LogP contribution >= 0.6 is 11.5 Å². The molecule has 0 N–H and O–H groups in total. The van der Waals surface area contributed by atoms with Gasteiger partial charge in [0.25, 0.3) is 0 Å². The molecule has 0 fully saturated rings. The lowest BCUT2D eigenvalue weighted by Crippen LogP contribution is -2.15. The number of ether oxygens (including phenoxy) is 1. The molecule has 4 heterocycles. The van der Waals surface area contributed by atoms with Gasteiger partial charge in [0.1, 0.15) is 27.3 Å². The summed E-state index contributed by atoms with van der Waals surface area (Å²) in [4.78, 5) is 7.28. The summed E-state index contributed by atoms with van der Waals surface area (Å²) in [7, 11) is 0. The Morgan fingerprint density at radius 1 is 0.490 bits per heavy atom. The quantitative estimate of drug-likeness (QED) is 0.185. The highest BCUT2D eigenvalue weighted by atomic mass is 32.1. The summed E-state index contributed by atoms with van der Waals surface area (Å²) in [6.07, 6.45) is 0. The van der Waals surface area contributed by atoms with Crippen molar-refractivity contribution in [2.75, 3.05) is 4.90 Å². The summed E-state index contributed by atoms with van der Waals surface area (Å²) in [6, 6.07) is 51.7. The van der Waals surface area contributed by atoms with Crippen LogP contribution in [-0.4, -0.2) is 9.36 Å². The Balaban J connectivity index is 0.999. The lowest BCUT2D eigenvalue weighted by Gasteiger charge is -2.33. The molecule has 0 spiro atoms. The van der Waals surface area contributed by atoms with Gasteiger partial charge in [-0.2, -0.15) is 4.37 Å². The summed E-state index contributed by atoms with van der Waals surface area (Å²) >= 11 is 1.39. The van der Waals surface area contributed by atoms with Crippen LogP contribution in [0.25, 0.3) is 77.0 Å². The number of benzene rings is 7. The Morgan fingerprint density at radius 2 is 1.14 bits per heavy atom. The van der Waals surface area contributed by atoms with E-state index >= 15 is 0 Å². The molecule has 0 amide bonds. The standard InChI is InChI=1S/C44H25N3O3S/c1-4-19-37-30(12-1)32-15-8-14-29(41(32)49-37)26-22-23-36-40(25-26)48-39-21-6-3-18-35(39)47(36)28-11-7-10-27(24-28)44-45-43(46-51-44)34-17-9-16-33-31-13-2-5-20-38(31)50-42(33)34/h1-25H. The van der Waals surface area contributed by atoms with Gasteiger partial charge in [-0.3, -0.25) is 0 Å². The van der Waals surface area contributed by atoms with Gasteiger partial charge in [-0.25, -0.2) is 4.98 Å². The molecule has 1 aliphatic rings. The fourth-order valence-corrected chi connectivity index (χ4v) is 8.00. The predicted molar refractivity (Wildman–Crippen MR) is 206 cm³/mol. The number of nitrogens with zero attached hydrogens (tertiary/aromatic N) is 3. The normalized spacial score (nSPS) is 12.4. The highest BCUT2D eigenvalue weighted by molar-refractivity contribution is 7.09. The second-order valence-corrected chi connectivity index (χ2v) is 13.4. The Hall–Kier alpha value is -6.70. The number of hydrogen-bond acceptors (Lipinski definition) is 7. The van der Waals surface area contributed by atoms with E-state index in [2.05, 4.69) is 89.8 Å². The molecule has 10 aromatic rings. The first-order chi connectivity index (χ1) is 25.3. The minimum absolute atomic E-state index is 0.652. The molecule has 0 bridgehead atoms. The lowest BCUT2D eigenvalue weighted by atomic mass is 10.0. The van der Waals surface area contributed by atoms with Crippen LogP contribution in [0, 0.1) is 0 Å². The monoisotopic (exact) mass is 675 g/mol. The topological polar surface area (TPSA) is 64.5 Å². The molecule has 0 aliphatic carbocycles. The third-order valence-corrected chi connectivity index (χ3v) is 10.4. The molecule has 0 atom stereocenters. The first-order valence-corrected chi connectivity index (χ1v) is 17.5. The Bertz CT molecular complexity index is 2990. The van der Waals surface area contributed by atoms with E-state index < -0.39 is 0 Å². The van der Waals surface area contributed by atoms with Crippen LogP contribution < -0.4 is 9.64 Å². The van der Waals surface area contributed by atoms with Crippen molar-refractivity contribution in [1.29, 1.82) is 0 Å². The number of aromatic nitrogens is 2. The van der Waals surface area contributed by atoms with Gasteiger partial charge in [0.05, 0.1) is 16.9 Å². The lowest BCUT2D eigenvalue weighted by molar-refractivity contribution is 0.477. The van der Waals surface area contributed by atoms with Crippen LogP contribution in [0.1, 0.15) is 0 Å². The molecule has 1 aliphatic heterocycles. The summed E-state index contributed by atoms with van der Waals surface area (Å²) in [6.45, 7) is 0. The third kappa shape index (κ3) is 4.35. The van der Waals surface area contributed by atoms with Crippen LogP contribution in [0.4, 0.5) is 17.1 Å². The van der Waals surface area contributed by atoms with Crippen molar-refractivity contribution in [3.8, 4) is 44.6 Å². The van der Waals surface area contributed by atoms with Gasteiger partial charge in [0.2, 0.25) is 0 Å². The van der Waals surface area contributed by atoms with E-state index in [1.165, 1.54) is 11.5 Å². The van der Waals surface area contributed by atoms with Crippen LogP contribution in [0.5, 0.6) is 11.5 Å². The first-order valence-electron chi connectivity index (χ1n) is 16.7. The van der Waals surface area contributed by atoms with E-state index in [9.17, 15) is 0 Å². The fourth-order valence-electron chi connectivity index (χ4n) is 7.33. The van der Waals surface area contributed by atoms with Crippen molar-refractivity contribution >= 4 is 72.5 Å². The Kier molecular flexibility index (Phi) is 6.02. The smallest absolute Gasteiger partial charge is 0.177 e. The average molecular weight is 676 g/mol. The molecule has 0 unspecified atom stereocenters. The molecule has 0 radical (unpaired) electrons. The largest absolute Gasteiger partial charge is 0.455 e. The van der Waals surface area contributed by atoms with Gasteiger partial charge in [-0.1, -0.05) is 97.1 Å². The van der Waals surface area contributed by atoms with Gasteiger partial charge >= 0.3 is 0 Å². The molecule has 240 valence electrons. The van der Waals surface area contributed by atoms with E-state index in [1.807, 2.05) is 66.7 Å². The zero-order valence-corrected chi connectivity index (χ0v) is 27.7. The zero-order valence-electron chi connectivity index (χ0n) is 26.9. The maximum absolute atomic E-state index is 6.59. The fraction of sp³-hybridized carbons (Fsp3) is 0. The van der Waals surface area contributed by atoms with Crippen molar-refractivity contribution in [2.45, 2.75) is 0 Å². The average Bonchev–Trinajstić information content (AvgIpc) is 3.93. The third-order valence-electron chi connectivity index (χ3n) is 9.66. The van der Waals surface area contributed by atoms with Gasteiger partial charge in [0.15, 0.2) is 17.3 Å². The second-order valence-electron chi connectivity index (χ2n) is 12.6. The summed E-state index contributed by atoms with van der Waals surface area (Å²) in [5.74, 6) is 2.20. The van der Waals surface area contributed by atoms with Crippen molar-refractivity contribution in [3.63, 3.8) is 0 Å². The number of hydrogen-bond donors (Lipinski definition) is 0. The van der Waals surface area contributed by atoms with E-state index in [4.69, 9.17) is 22.9 Å². The molecule has 51 heavy (non-hydrogen) atoms. The number of anilines is 3. The van der Waals surface area contributed by atoms with Gasteiger partial charge in [-0.15, -0.1) is 0 Å². The summed E-state index contributed by atoms with van der Waals surface area (Å²) < 4.78 is 24.1. The Morgan fingerprint density at radius 3 is 1.94 bits per heavy atom.